The molecule has 0 bridgehead atoms. The number of carbonyl (C=O) groups is 5. The van der Waals surface area contributed by atoms with Gasteiger partial charge in [0.15, 0.2) is 6.23 Å². The number of nitrogens with one attached hydrogen (secondary N) is 3. The van der Waals surface area contributed by atoms with Crippen molar-refractivity contribution in [1.29, 1.82) is 0 Å². The summed E-state index contributed by atoms with van der Waals surface area (Å²) in [7, 11) is 0. The average Bonchev–Trinajstić information content (AvgIpc) is 3.45. The van der Waals surface area contributed by atoms with Gasteiger partial charge in [-0.15, -0.1) is 0 Å². The van der Waals surface area contributed by atoms with Crippen LogP contribution >= 0.6 is 12.0 Å². The number of imide groups is 1. The van der Waals surface area contributed by atoms with Crippen LogP contribution in [0.3, 0.4) is 0 Å². The second-order valence-electron chi connectivity index (χ2n) is 10.1. The number of hydrogen-bond donors (Lipinski definition) is 5. The van der Waals surface area contributed by atoms with Crippen molar-refractivity contribution in [2.75, 3.05) is 25.4 Å². The molecule has 1 saturated heterocycles. The first kappa shape index (κ1) is 31.2. The summed E-state index contributed by atoms with van der Waals surface area (Å²) >= 11 is 1.01. The molecule has 1 fully saturated rings. The second kappa shape index (κ2) is 14.0. The summed E-state index contributed by atoms with van der Waals surface area (Å²) in [5.74, 6) is -1.20. The number of hydrogen-bond acceptors (Lipinski definition) is 10. The molecule has 0 aromatic heterocycles. The Morgan fingerprint density at radius 1 is 0.977 bits per heavy atom. The fraction of sp³-hybridized carbons (Fsp3) is 0.345. The summed E-state index contributed by atoms with van der Waals surface area (Å²) in [6.07, 6.45) is -2.83. The maximum absolute atomic E-state index is 12.7. The first-order chi connectivity index (χ1) is 21.2. The maximum Gasteiger partial charge on any atom is 0.325 e. The van der Waals surface area contributed by atoms with Crippen LogP contribution in [-0.4, -0.2) is 106 Å². The van der Waals surface area contributed by atoms with E-state index in [1.165, 1.54) is 12.3 Å². The lowest BCUT2D eigenvalue weighted by molar-refractivity contribution is -0.121. The van der Waals surface area contributed by atoms with Gasteiger partial charge in [-0.1, -0.05) is 30.3 Å². The molecule has 5 atom stereocenters. The van der Waals surface area contributed by atoms with E-state index in [9.17, 15) is 34.2 Å². The minimum atomic E-state index is -1.42. The molecule has 44 heavy (non-hydrogen) atoms. The molecule has 232 valence electrons. The van der Waals surface area contributed by atoms with E-state index in [-0.39, 0.29) is 37.9 Å². The Morgan fingerprint density at radius 3 is 2.34 bits per heavy atom. The molecular formula is C29H31N5O9S. The zero-order chi connectivity index (χ0) is 31.2. The Kier molecular flexibility index (Phi) is 9.92. The van der Waals surface area contributed by atoms with Crippen LogP contribution in [-0.2, 0) is 13.7 Å². The van der Waals surface area contributed by atoms with Gasteiger partial charge in [-0.05, 0) is 42.4 Å². The Bertz CT molecular complexity index is 1410. The third-order valence-corrected chi connectivity index (χ3v) is 7.82. The highest BCUT2D eigenvalue weighted by Crippen LogP contribution is 2.27. The van der Waals surface area contributed by atoms with Crippen LogP contribution in [0.15, 0.2) is 66.9 Å². The Morgan fingerprint density at radius 2 is 1.66 bits per heavy atom. The molecule has 3 aliphatic heterocycles. The summed E-state index contributed by atoms with van der Waals surface area (Å²) in [6, 6.07) is 14.4. The molecule has 5 rings (SSSR count). The standard InChI is InChI=1S/C29H31N5O9S/c35-22(11-14-33-26(39)18-8-4-5-9-19(18)27(33)40)30-12-15-44-42-16-20-23(36)24(37)28(43-20)34-13-10-21(32-29(34)41)31-25(38)17-6-2-1-3-7-17/h1-10,13,20-21,23-24,28,36-37H,11-12,14-16H2,(H,30,35)(H,31,38)(H,32,41)/t20-,21?,23?,24+,28-/m1/s1. The molecule has 2 unspecified atom stereocenters. The van der Waals surface area contributed by atoms with Crippen LogP contribution in [0, 0.1) is 0 Å². The van der Waals surface area contributed by atoms with Crippen LogP contribution in [0.2, 0.25) is 0 Å². The lowest BCUT2D eigenvalue weighted by Crippen LogP contribution is -2.57. The molecule has 0 radical (unpaired) electrons. The van der Waals surface area contributed by atoms with Crippen molar-refractivity contribution in [2.24, 2.45) is 0 Å². The molecule has 15 heteroatoms. The first-order valence-electron chi connectivity index (χ1n) is 13.9. The van der Waals surface area contributed by atoms with Gasteiger partial charge in [0, 0.05) is 37.0 Å². The highest BCUT2D eigenvalue weighted by atomic mass is 32.2. The molecule has 5 N–H and O–H groups in total. The van der Waals surface area contributed by atoms with Crippen molar-refractivity contribution in [2.45, 2.75) is 37.1 Å². The number of rotatable bonds is 12. The minimum Gasteiger partial charge on any atom is -0.387 e. The van der Waals surface area contributed by atoms with Gasteiger partial charge in [0.1, 0.15) is 24.5 Å². The minimum absolute atomic E-state index is 0.0323. The van der Waals surface area contributed by atoms with Crippen molar-refractivity contribution in [3.63, 3.8) is 0 Å². The van der Waals surface area contributed by atoms with Gasteiger partial charge in [0.05, 0.1) is 17.7 Å². The number of ether oxygens (including phenoxy) is 1. The first-order valence-corrected chi connectivity index (χ1v) is 14.8. The number of nitrogens with zero attached hydrogens (tertiary/aromatic N) is 2. The Balaban J connectivity index is 0.987. The predicted molar refractivity (Wildman–Crippen MR) is 156 cm³/mol. The SMILES string of the molecule is O=C(CCN1C(=O)c2ccccc2C1=O)NCCSOC[C@H]1O[C@@H](N2C=CC(NC(=O)c3ccccc3)NC2=O)[C@@H](O)C1O. The molecule has 3 heterocycles. The van der Waals surface area contributed by atoms with Crippen LogP contribution in [0.1, 0.15) is 37.5 Å². The quantitative estimate of drug-likeness (QED) is 0.124. The van der Waals surface area contributed by atoms with Gasteiger partial charge < -0.3 is 35.1 Å². The van der Waals surface area contributed by atoms with E-state index in [1.54, 1.807) is 54.6 Å². The highest BCUT2D eigenvalue weighted by Gasteiger charge is 2.47. The third-order valence-electron chi connectivity index (χ3n) is 7.15. The van der Waals surface area contributed by atoms with Crippen LogP contribution in [0.25, 0.3) is 0 Å². The van der Waals surface area contributed by atoms with Crippen LogP contribution in [0.5, 0.6) is 0 Å². The Hall–Kier alpha value is -4.28. The van der Waals surface area contributed by atoms with Crippen molar-refractivity contribution in [3.05, 3.63) is 83.6 Å². The third kappa shape index (κ3) is 6.92. The van der Waals surface area contributed by atoms with Crippen molar-refractivity contribution < 1.29 is 43.1 Å². The number of carbonyl (C=O) groups excluding carboxylic acids is 5. The fourth-order valence-electron chi connectivity index (χ4n) is 4.85. The summed E-state index contributed by atoms with van der Waals surface area (Å²) in [4.78, 5) is 64.2. The monoisotopic (exact) mass is 625 g/mol. The van der Waals surface area contributed by atoms with E-state index in [0.29, 0.717) is 22.4 Å². The van der Waals surface area contributed by atoms with E-state index < -0.39 is 48.6 Å². The zero-order valence-electron chi connectivity index (χ0n) is 23.3. The number of aliphatic hydroxyl groups is 2. The summed E-state index contributed by atoms with van der Waals surface area (Å²) in [6.45, 7) is 0.100. The van der Waals surface area contributed by atoms with Gasteiger partial charge in [-0.2, -0.15) is 0 Å². The lowest BCUT2D eigenvalue weighted by Gasteiger charge is -2.32. The molecule has 6 amide bonds. The summed E-state index contributed by atoms with van der Waals surface area (Å²) in [5.41, 5.74) is 1.09. The lowest BCUT2D eigenvalue weighted by atomic mass is 10.1. The number of benzene rings is 2. The van der Waals surface area contributed by atoms with Gasteiger partial charge in [-0.3, -0.25) is 29.0 Å². The normalized spacial score (nSPS) is 24.3. The molecule has 0 aliphatic carbocycles. The smallest absolute Gasteiger partial charge is 0.325 e. The van der Waals surface area contributed by atoms with Gasteiger partial charge in [0.2, 0.25) is 5.91 Å². The number of urea groups is 1. The highest BCUT2D eigenvalue weighted by molar-refractivity contribution is 7.94. The van der Waals surface area contributed by atoms with E-state index >= 15 is 0 Å². The number of amides is 6. The van der Waals surface area contributed by atoms with E-state index in [4.69, 9.17) is 8.92 Å². The summed E-state index contributed by atoms with van der Waals surface area (Å²) < 4.78 is 11.2. The van der Waals surface area contributed by atoms with Gasteiger partial charge in [-0.25, -0.2) is 4.79 Å². The van der Waals surface area contributed by atoms with E-state index in [2.05, 4.69) is 16.0 Å². The zero-order valence-corrected chi connectivity index (χ0v) is 24.1. The largest absolute Gasteiger partial charge is 0.387 e. The van der Waals surface area contributed by atoms with Crippen LogP contribution < -0.4 is 16.0 Å². The van der Waals surface area contributed by atoms with Crippen molar-refractivity contribution >= 4 is 41.7 Å². The topological polar surface area (TPSA) is 187 Å². The average molecular weight is 626 g/mol. The van der Waals surface area contributed by atoms with Gasteiger partial charge in [0.25, 0.3) is 17.7 Å². The molecule has 2 aromatic rings. The molecule has 0 saturated carbocycles. The fourth-order valence-corrected chi connectivity index (χ4v) is 5.38. The predicted octanol–water partition coefficient (Wildman–Crippen LogP) is 0.195. The summed E-state index contributed by atoms with van der Waals surface area (Å²) in [5, 5.41) is 28.9. The van der Waals surface area contributed by atoms with E-state index in [0.717, 1.165) is 21.8 Å². The van der Waals surface area contributed by atoms with Crippen LogP contribution in [0.4, 0.5) is 4.79 Å². The van der Waals surface area contributed by atoms with E-state index in [1.807, 2.05) is 0 Å². The molecule has 0 spiro atoms. The number of fused-ring (bicyclic) bond motifs is 1. The molecular weight excluding hydrogens is 594 g/mol. The number of aliphatic hydroxyl groups excluding tert-OH is 2. The maximum atomic E-state index is 12.7. The second-order valence-corrected chi connectivity index (χ2v) is 11.0. The Labute approximate surface area is 256 Å². The van der Waals surface area contributed by atoms with Gasteiger partial charge >= 0.3 is 6.03 Å². The van der Waals surface area contributed by atoms with Crippen molar-refractivity contribution in [1.82, 2.24) is 25.8 Å². The molecule has 2 aromatic carbocycles. The van der Waals surface area contributed by atoms with Crippen molar-refractivity contribution in [3.8, 4) is 0 Å². The molecule has 14 nitrogen and oxygen atoms in total. The molecule has 3 aliphatic rings.